The maximum atomic E-state index is 12.5. The summed E-state index contributed by atoms with van der Waals surface area (Å²) < 4.78 is 5.07. The molecule has 2 amide bonds. The number of carboxylic acids is 1. The van der Waals surface area contributed by atoms with Crippen molar-refractivity contribution in [1.82, 2.24) is 10.2 Å². The van der Waals surface area contributed by atoms with E-state index in [0.29, 0.717) is 25.3 Å². The van der Waals surface area contributed by atoms with E-state index in [1.807, 2.05) is 12.1 Å². The molecular weight excluding hydrogens is 346 g/mol. The van der Waals surface area contributed by atoms with Gasteiger partial charge in [-0.3, -0.25) is 0 Å². The number of aromatic carboxylic acids is 1. The van der Waals surface area contributed by atoms with Gasteiger partial charge in [0.05, 0.1) is 23.8 Å². The molecule has 0 aromatic heterocycles. The summed E-state index contributed by atoms with van der Waals surface area (Å²) in [5, 5.41) is 20.6. The van der Waals surface area contributed by atoms with Gasteiger partial charge in [0.1, 0.15) is 0 Å². The Morgan fingerprint density at radius 2 is 1.74 bits per heavy atom. The van der Waals surface area contributed by atoms with Gasteiger partial charge in [-0.2, -0.15) is 5.26 Å². The Bertz CT molecular complexity index is 811. The van der Waals surface area contributed by atoms with E-state index in [4.69, 9.17) is 15.1 Å². The molecule has 2 aromatic rings. The molecule has 2 N–H and O–H groups in total. The Morgan fingerprint density at radius 1 is 1.11 bits per heavy atom. The molecule has 0 aliphatic carbocycles. The van der Waals surface area contributed by atoms with Crippen molar-refractivity contribution in [2.45, 2.75) is 13.1 Å². The van der Waals surface area contributed by atoms with E-state index in [1.54, 1.807) is 36.3 Å². The molecule has 7 nitrogen and oxygen atoms in total. The molecule has 0 saturated heterocycles. The minimum absolute atomic E-state index is 0.201. The SMILES string of the molecule is COCCN(Cc1ccc(C#N)cc1)C(=O)NCc1ccc(C(=O)O)cc1. The Kier molecular flexibility index (Phi) is 7.35. The van der Waals surface area contributed by atoms with Gasteiger partial charge >= 0.3 is 12.0 Å². The Hall–Kier alpha value is -3.37. The van der Waals surface area contributed by atoms with Gasteiger partial charge in [-0.05, 0) is 35.4 Å². The highest BCUT2D eigenvalue weighted by atomic mass is 16.5. The van der Waals surface area contributed by atoms with E-state index in [1.165, 1.54) is 12.1 Å². The van der Waals surface area contributed by atoms with Crippen molar-refractivity contribution in [3.05, 3.63) is 70.8 Å². The summed E-state index contributed by atoms with van der Waals surface area (Å²) in [4.78, 5) is 25.0. The summed E-state index contributed by atoms with van der Waals surface area (Å²) in [5.74, 6) is -0.987. The number of nitrogens with one attached hydrogen (secondary N) is 1. The quantitative estimate of drug-likeness (QED) is 0.747. The number of carbonyl (C=O) groups excluding carboxylic acids is 1. The number of rotatable bonds is 8. The van der Waals surface area contributed by atoms with Crippen LogP contribution in [0.5, 0.6) is 0 Å². The van der Waals surface area contributed by atoms with Gasteiger partial charge in [0, 0.05) is 26.7 Å². The van der Waals surface area contributed by atoms with Crippen molar-refractivity contribution in [2.24, 2.45) is 0 Å². The average molecular weight is 367 g/mol. The second-order valence-corrected chi connectivity index (χ2v) is 5.88. The van der Waals surface area contributed by atoms with E-state index < -0.39 is 5.97 Å². The number of hydrogen-bond donors (Lipinski definition) is 2. The molecule has 0 saturated carbocycles. The lowest BCUT2D eigenvalue weighted by Crippen LogP contribution is -2.40. The second kappa shape index (κ2) is 9.94. The predicted molar refractivity (Wildman–Crippen MR) is 99.1 cm³/mol. The van der Waals surface area contributed by atoms with Crippen LogP contribution >= 0.6 is 0 Å². The molecule has 0 aliphatic rings. The topological polar surface area (TPSA) is 103 Å². The molecule has 0 radical (unpaired) electrons. The number of hydrogen-bond acceptors (Lipinski definition) is 4. The number of carbonyl (C=O) groups is 2. The van der Waals surface area contributed by atoms with Gasteiger partial charge in [-0.15, -0.1) is 0 Å². The monoisotopic (exact) mass is 367 g/mol. The third-order valence-electron chi connectivity index (χ3n) is 3.95. The number of ether oxygens (including phenoxy) is 1. The van der Waals surface area contributed by atoms with Gasteiger partial charge in [0.15, 0.2) is 0 Å². The van der Waals surface area contributed by atoms with Crippen molar-refractivity contribution < 1.29 is 19.4 Å². The molecule has 27 heavy (non-hydrogen) atoms. The summed E-state index contributed by atoms with van der Waals surface area (Å²) in [6.07, 6.45) is 0. The molecule has 0 bridgehead atoms. The van der Waals surface area contributed by atoms with Crippen molar-refractivity contribution in [3.63, 3.8) is 0 Å². The number of benzene rings is 2. The lowest BCUT2D eigenvalue weighted by Gasteiger charge is -2.23. The van der Waals surface area contributed by atoms with Gasteiger partial charge in [-0.25, -0.2) is 9.59 Å². The zero-order chi connectivity index (χ0) is 19.6. The second-order valence-electron chi connectivity index (χ2n) is 5.88. The largest absolute Gasteiger partial charge is 0.478 e. The molecule has 0 fully saturated rings. The molecule has 0 aliphatic heterocycles. The Balaban J connectivity index is 1.98. The summed E-state index contributed by atoms with van der Waals surface area (Å²) in [7, 11) is 1.57. The van der Waals surface area contributed by atoms with Crippen LogP contribution in [0.15, 0.2) is 48.5 Å². The Morgan fingerprint density at radius 3 is 2.30 bits per heavy atom. The molecule has 0 spiro atoms. The highest BCUT2D eigenvalue weighted by Gasteiger charge is 2.14. The number of carboxylic acid groups (broad SMARTS) is 1. The van der Waals surface area contributed by atoms with Crippen LogP contribution in [0, 0.1) is 11.3 Å². The first kappa shape index (κ1) is 19.9. The summed E-state index contributed by atoms with van der Waals surface area (Å²) in [5.41, 5.74) is 2.48. The number of urea groups is 1. The predicted octanol–water partition coefficient (Wildman–Crippen LogP) is 2.61. The number of methoxy groups -OCH3 is 1. The number of nitrogens with zero attached hydrogens (tertiary/aromatic N) is 2. The zero-order valence-electron chi connectivity index (χ0n) is 15.0. The van der Waals surface area contributed by atoms with Gasteiger partial charge in [-0.1, -0.05) is 24.3 Å². The third kappa shape index (κ3) is 6.13. The summed E-state index contributed by atoms with van der Waals surface area (Å²) >= 11 is 0. The van der Waals surface area contributed by atoms with E-state index in [9.17, 15) is 9.59 Å². The van der Waals surface area contributed by atoms with E-state index in [-0.39, 0.29) is 18.1 Å². The normalized spacial score (nSPS) is 10.1. The van der Waals surface area contributed by atoms with Crippen LogP contribution < -0.4 is 5.32 Å². The van der Waals surface area contributed by atoms with Gasteiger partial charge in [0.25, 0.3) is 0 Å². The molecule has 7 heteroatoms. The summed E-state index contributed by atoms with van der Waals surface area (Å²) in [6, 6.07) is 15.2. The summed E-state index contributed by atoms with van der Waals surface area (Å²) in [6.45, 7) is 1.49. The molecule has 0 heterocycles. The van der Waals surface area contributed by atoms with Crippen LogP contribution in [0.1, 0.15) is 27.0 Å². The number of nitriles is 1. The van der Waals surface area contributed by atoms with Crippen molar-refractivity contribution in [3.8, 4) is 6.07 Å². The van der Waals surface area contributed by atoms with E-state index >= 15 is 0 Å². The molecule has 0 atom stereocenters. The molecule has 0 unspecified atom stereocenters. The van der Waals surface area contributed by atoms with Crippen LogP contribution in [0.2, 0.25) is 0 Å². The highest BCUT2D eigenvalue weighted by Crippen LogP contribution is 2.09. The standard InChI is InChI=1S/C20H21N3O4/c1-27-11-10-23(14-17-4-2-15(12-21)3-5-17)20(26)22-13-16-6-8-18(9-7-16)19(24)25/h2-9H,10-11,13-14H2,1H3,(H,22,26)(H,24,25). The molecule has 140 valence electrons. The van der Waals surface area contributed by atoms with Crippen LogP contribution in [0.4, 0.5) is 4.79 Å². The maximum absolute atomic E-state index is 12.5. The van der Waals surface area contributed by atoms with Crippen LogP contribution in [0.25, 0.3) is 0 Å². The van der Waals surface area contributed by atoms with Crippen LogP contribution in [-0.4, -0.2) is 42.3 Å². The lowest BCUT2D eigenvalue weighted by molar-refractivity contribution is 0.0697. The molecule has 2 rings (SSSR count). The average Bonchev–Trinajstić information content (AvgIpc) is 2.70. The first-order valence-electron chi connectivity index (χ1n) is 8.36. The Labute approximate surface area is 157 Å². The number of amides is 2. The first-order valence-corrected chi connectivity index (χ1v) is 8.36. The molecule has 2 aromatic carbocycles. The van der Waals surface area contributed by atoms with Gasteiger partial charge < -0.3 is 20.1 Å². The van der Waals surface area contributed by atoms with Crippen molar-refractivity contribution in [2.75, 3.05) is 20.3 Å². The van der Waals surface area contributed by atoms with Crippen molar-refractivity contribution >= 4 is 12.0 Å². The van der Waals surface area contributed by atoms with Gasteiger partial charge in [0.2, 0.25) is 0 Å². The van der Waals surface area contributed by atoms with Crippen molar-refractivity contribution in [1.29, 1.82) is 5.26 Å². The fraction of sp³-hybridized carbons (Fsp3) is 0.250. The fourth-order valence-corrected chi connectivity index (χ4v) is 2.41. The lowest BCUT2D eigenvalue weighted by atomic mass is 10.1. The first-order chi connectivity index (χ1) is 13.0. The fourth-order valence-electron chi connectivity index (χ4n) is 2.41. The highest BCUT2D eigenvalue weighted by molar-refractivity contribution is 5.87. The van der Waals surface area contributed by atoms with E-state index in [2.05, 4.69) is 11.4 Å². The third-order valence-corrected chi connectivity index (χ3v) is 3.95. The minimum atomic E-state index is -0.987. The molecular formula is C20H21N3O4. The van der Waals surface area contributed by atoms with E-state index in [0.717, 1.165) is 11.1 Å². The minimum Gasteiger partial charge on any atom is -0.478 e. The maximum Gasteiger partial charge on any atom is 0.335 e. The zero-order valence-corrected chi connectivity index (χ0v) is 15.0. The van der Waals surface area contributed by atoms with Crippen LogP contribution in [0.3, 0.4) is 0 Å². The van der Waals surface area contributed by atoms with Crippen LogP contribution in [-0.2, 0) is 17.8 Å². The smallest absolute Gasteiger partial charge is 0.335 e.